The van der Waals surface area contributed by atoms with Gasteiger partial charge >= 0.3 is 0 Å². The fourth-order valence-corrected chi connectivity index (χ4v) is 6.22. The minimum absolute atomic E-state index is 0.0168. The highest BCUT2D eigenvalue weighted by molar-refractivity contribution is 7.80. The number of morpholine rings is 1. The van der Waals surface area contributed by atoms with E-state index in [1.165, 1.54) is 5.56 Å². The first-order valence-electron chi connectivity index (χ1n) is 12.4. The van der Waals surface area contributed by atoms with Crippen molar-refractivity contribution >= 4 is 40.5 Å². The topological polar surface area (TPSA) is 45.6 Å². The fraction of sp³-hybridized carbons (Fsp3) is 0.407. The van der Waals surface area contributed by atoms with Gasteiger partial charge in [-0.3, -0.25) is 9.88 Å². The van der Waals surface area contributed by atoms with E-state index in [0.717, 1.165) is 73.7 Å². The van der Waals surface area contributed by atoms with Crippen LogP contribution in [0.15, 0.2) is 48.7 Å². The van der Waals surface area contributed by atoms with E-state index in [0.29, 0.717) is 10.0 Å². The van der Waals surface area contributed by atoms with Crippen LogP contribution in [-0.4, -0.2) is 63.9 Å². The lowest BCUT2D eigenvalue weighted by Crippen LogP contribution is -2.39. The van der Waals surface area contributed by atoms with E-state index in [9.17, 15) is 0 Å². The molecule has 3 aromatic rings. The van der Waals surface area contributed by atoms with Gasteiger partial charge < -0.3 is 19.5 Å². The smallest absolute Gasteiger partial charge is 0.170 e. The van der Waals surface area contributed by atoms with Crippen LogP contribution in [0.3, 0.4) is 0 Å². The van der Waals surface area contributed by atoms with Crippen LogP contribution in [0.4, 0.5) is 0 Å². The highest BCUT2D eigenvalue weighted by Crippen LogP contribution is 2.42. The molecule has 2 aromatic heterocycles. The molecule has 2 saturated heterocycles. The van der Waals surface area contributed by atoms with Crippen LogP contribution >= 0.6 is 35.4 Å². The number of rotatable bonds is 7. The van der Waals surface area contributed by atoms with Gasteiger partial charge in [-0.2, -0.15) is 0 Å². The van der Waals surface area contributed by atoms with Crippen LogP contribution in [-0.2, 0) is 4.74 Å². The zero-order chi connectivity index (χ0) is 25.2. The predicted octanol–water partition coefficient (Wildman–Crippen LogP) is 5.49. The van der Waals surface area contributed by atoms with E-state index in [1.807, 2.05) is 30.5 Å². The third-order valence-corrected chi connectivity index (χ3v) is 8.00. The molecule has 0 bridgehead atoms. The largest absolute Gasteiger partial charge is 0.379 e. The fourth-order valence-electron chi connectivity index (χ4n) is 5.39. The summed E-state index contributed by atoms with van der Waals surface area (Å²) < 4.78 is 7.71. The van der Waals surface area contributed by atoms with Gasteiger partial charge in [0, 0.05) is 48.8 Å². The normalized spacial score (nSPS) is 20.7. The van der Waals surface area contributed by atoms with E-state index in [-0.39, 0.29) is 12.1 Å². The molecule has 1 aromatic carbocycles. The SMILES string of the molecule is Cc1cc([C@@H]2[C@@H](c3ccccn3)NC(=S)N2CCCN2CCOCC2)c(C)n1-c1ccc(Cl)cc1Cl. The number of aromatic nitrogens is 2. The van der Waals surface area contributed by atoms with Crippen molar-refractivity contribution in [3.05, 3.63) is 81.4 Å². The number of aryl methyl sites for hydroxylation is 1. The van der Waals surface area contributed by atoms with Crippen LogP contribution in [0, 0.1) is 13.8 Å². The van der Waals surface area contributed by atoms with Crippen molar-refractivity contribution in [2.24, 2.45) is 0 Å². The van der Waals surface area contributed by atoms with Gasteiger partial charge in [0.2, 0.25) is 0 Å². The van der Waals surface area contributed by atoms with Gasteiger partial charge in [-0.15, -0.1) is 0 Å². The van der Waals surface area contributed by atoms with Gasteiger partial charge in [-0.05, 0) is 74.4 Å². The summed E-state index contributed by atoms with van der Waals surface area (Å²) >= 11 is 18.7. The lowest BCUT2D eigenvalue weighted by Gasteiger charge is -2.30. The summed E-state index contributed by atoms with van der Waals surface area (Å²) in [6.07, 6.45) is 2.87. The summed E-state index contributed by atoms with van der Waals surface area (Å²) in [4.78, 5) is 9.49. The molecular formula is C27H31Cl2N5OS. The molecule has 2 aliphatic heterocycles. The first-order chi connectivity index (χ1) is 17.4. The summed E-state index contributed by atoms with van der Waals surface area (Å²) in [6, 6.07) is 13.9. The first-order valence-corrected chi connectivity index (χ1v) is 13.5. The number of thiocarbonyl (C=S) groups is 1. The summed E-state index contributed by atoms with van der Waals surface area (Å²) in [5.41, 5.74) is 5.36. The number of nitrogens with one attached hydrogen (secondary N) is 1. The highest BCUT2D eigenvalue weighted by Gasteiger charge is 2.41. The number of hydrogen-bond donors (Lipinski definition) is 1. The second kappa shape index (κ2) is 11.1. The molecular weight excluding hydrogens is 513 g/mol. The third kappa shape index (κ3) is 5.13. The molecule has 9 heteroatoms. The van der Waals surface area contributed by atoms with Gasteiger partial charge in [0.15, 0.2) is 5.11 Å². The lowest BCUT2D eigenvalue weighted by molar-refractivity contribution is 0.0365. The van der Waals surface area contributed by atoms with E-state index in [4.69, 9.17) is 40.2 Å². The Morgan fingerprint density at radius 3 is 2.61 bits per heavy atom. The average molecular weight is 545 g/mol. The number of ether oxygens (including phenoxy) is 1. The Morgan fingerprint density at radius 1 is 1.08 bits per heavy atom. The molecule has 0 radical (unpaired) electrons. The molecule has 4 heterocycles. The predicted molar refractivity (Wildman–Crippen MR) is 149 cm³/mol. The molecule has 2 atom stereocenters. The number of pyridine rings is 1. The van der Waals surface area contributed by atoms with Crippen molar-refractivity contribution in [1.29, 1.82) is 0 Å². The van der Waals surface area contributed by atoms with Gasteiger partial charge in [0.05, 0.1) is 41.7 Å². The molecule has 1 N–H and O–H groups in total. The van der Waals surface area contributed by atoms with Crippen molar-refractivity contribution in [2.45, 2.75) is 32.4 Å². The third-order valence-electron chi connectivity index (χ3n) is 7.11. The van der Waals surface area contributed by atoms with E-state index in [2.05, 4.69) is 50.6 Å². The van der Waals surface area contributed by atoms with Crippen molar-refractivity contribution in [2.75, 3.05) is 39.4 Å². The van der Waals surface area contributed by atoms with Crippen molar-refractivity contribution in [3.63, 3.8) is 0 Å². The number of nitrogens with zero attached hydrogens (tertiary/aromatic N) is 4. The maximum absolute atomic E-state index is 6.62. The molecule has 190 valence electrons. The zero-order valence-corrected chi connectivity index (χ0v) is 22.9. The van der Waals surface area contributed by atoms with Gasteiger partial charge in [-0.25, -0.2) is 0 Å². The minimum atomic E-state index is -0.0447. The summed E-state index contributed by atoms with van der Waals surface area (Å²) in [7, 11) is 0. The maximum Gasteiger partial charge on any atom is 0.170 e. The number of hydrogen-bond acceptors (Lipinski definition) is 4. The van der Waals surface area contributed by atoms with E-state index >= 15 is 0 Å². The Balaban J connectivity index is 1.49. The lowest BCUT2D eigenvalue weighted by atomic mass is 9.96. The molecule has 6 nitrogen and oxygen atoms in total. The molecule has 0 aliphatic carbocycles. The Bertz CT molecular complexity index is 1230. The molecule has 2 aliphatic rings. The van der Waals surface area contributed by atoms with Gasteiger partial charge in [0.1, 0.15) is 0 Å². The molecule has 0 spiro atoms. The molecule has 2 fully saturated rings. The van der Waals surface area contributed by atoms with Crippen LogP contribution in [0.5, 0.6) is 0 Å². The molecule has 5 rings (SSSR count). The highest BCUT2D eigenvalue weighted by atomic mass is 35.5. The van der Waals surface area contributed by atoms with Crippen molar-refractivity contribution < 1.29 is 4.74 Å². The zero-order valence-electron chi connectivity index (χ0n) is 20.6. The van der Waals surface area contributed by atoms with Gasteiger partial charge in [0.25, 0.3) is 0 Å². The van der Waals surface area contributed by atoms with E-state index in [1.54, 1.807) is 6.07 Å². The molecule has 0 unspecified atom stereocenters. The monoisotopic (exact) mass is 543 g/mol. The first kappa shape index (κ1) is 25.5. The Morgan fingerprint density at radius 2 is 1.89 bits per heavy atom. The molecule has 36 heavy (non-hydrogen) atoms. The Kier molecular flexibility index (Phi) is 7.84. The van der Waals surface area contributed by atoms with E-state index < -0.39 is 0 Å². The van der Waals surface area contributed by atoms with Crippen LogP contribution in [0.1, 0.15) is 41.1 Å². The second-order valence-electron chi connectivity index (χ2n) is 9.39. The van der Waals surface area contributed by atoms with Gasteiger partial charge in [-0.1, -0.05) is 29.3 Å². The Labute approximate surface area is 228 Å². The average Bonchev–Trinajstić information content (AvgIpc) is 3.35. The molecule has 0 amide bonds. The maximum atomic E-state index is 6.62. The van der Waals surface area contributed by atoms with Crippen LogP contribution < -0.4 is 5.32 Å². The van der Waals surface area contributed by atoms with Crippen LogP contribution in [0.25, 0.3) is 5.69 Å². The minimum Gasteiger partial charge on any atom is -0.379 e. The second-order valence-corrected chi connectivity index (χ2v) is 10.6. The summed E-state index contributed by atoms with van der Waals surface area (Å²) in [6.45, 7) is 9.76. The van der Waals surface area contributed by atoms with Crippen molar-refractivity contribution in [3.8, 4) is 5.69 Å². The number of halogens is 2. The Hall–Kier alpha value is -2.16. The summed E-state index contributed by atoms with van der Waals surface area (Å²) in [5.74, 6) is 0. The van der Waals surface area contributed by atoms with Crippen molar-refractivity contribution in [1.82, 2.24) is 24.7 Å². The standard InChI is InChI=1S/C27H31Cl2N5OS/c1-18-16-21(19(2)34(18)24-8-7-20(28)17-22(24)29)26-25(23-6-3-4-9-30-23)31-27(36)33(26)11-5-10-32-12-14-35-15-13-32/h3-4,6-9,16-17,25-26H,5,10-15H2,1-2H3,(H,31,36)/t25-,26-/m1/s1. The summed E-state index contributed by atoms with van der Waals surface area (Å²) in [5, 5.41) is 5.60. The molecule has 0 saturated carbocycles. The number of benzene rings is 1. The quantitative estimate of drug-likeness (QED) is 0.397. The van der Waals surface area contributed by atoms with Crippen LogP contribution in [0.2, 0.25) is 10.0 Å².